The third-order valence-electron chi connectivity index (χ3n) is 1.83. The van der Waals surface area contributed by atoms with Gasteiger partial charge in [-0.3, -0.25) is 4.79 Å². The maximum Gasteiger partial charge on any atom is 0.151 e. The molecule has 0 aliphatic heterocycles. The number of carbonyl (C=O) groups is 1. The van der Waals surface area contributed by atoms with Crippen LogP contribution in [0.2, 0.25) is 5.02 Å². The monoisotopic (exact) mass is 179 g/mol. The van der Waals surface area contributed by atoms with Crippen LogP contribution < -0.4 is 0 Å². The molecule has 2 aromatic rings. The van der Waals surface area contributed by atoms with E-state index in [1.54, 1.807) is 12.3 Å². The zero-order valence-electron chi connectivity index (χ0n) is 6.17. The average Bonchev–Trinajstić information content (AvgIpc) is 2.53. The molecule has 1 aromatic heterocycles. The minimum absolute atomic E-state index is 0.517. The number of benzene rings is 1. The highest BCUT2D eigenvalue weighted by Crippen LogP contribution is 2.25. The molecule has 0 amide bonds. The lowest BCUT2D eigenvalue weighted by Crippen LogP contribution is -1.81. The number of rotatable bonds is 1. The number of aromatic nitrogens is 1. The molecule has 1 aromatic carbocycles. The van der Waals surface area contributed by atoms with E-state index >= 15 is 0 Å². The van der Waals surface area contributed by atoms with E-state index in [9.17, 15) is 4.79 Å². The molecule has 0 atom stereocenters. The third kappa shape index (κ3) is 0.924. The van der Waals surface area contributed by atoms with Crippen LogP contribution in [0.1, 0.15) is 10.4 Å². The van der Waals surface area contributed by atoms with Crippen LogP contribution in [0.4, 0.5) is 0 Å². The SMILES string of the molecule is O=Cc1ccc2[nH]ccc2c1Cl. The first kappa shape index (κ1) is 7.37. The molecule has 0 fully saturated rings. The van der Waals surface area contributed by atoms with Crippen molar-refractivity contribution in [3.63, 3.8) is 0 Å². The van der Waals surface area contributed by atoms with Crippen LogP contribution >= 0.6 is 11.6 Å². The Kier molecular flexibility index (Phi) is 1.62. The van der Waals surface area contributed by atoms with Crippen molar-refractivity contribution in [1.29, 1.82) is 0 Å². The average molecular weight is 180 g/mol. The predicted octanol–water partition coefficient (Wildman–Crippen LogP) is 2.63. The molecule has 0 saturated carbocycles. The Bertz CT molecular complexity index is 433. The number of nitrogens with one attached hydrogen (secondary N) is 1. The minimum atomic E-state index is 0.517. The summed E-state index contributed by atoms with van der Waals surface area (Å²) in [6.07, 6.45) is 2.56. The number of fused-ring (bicyclic) bond motifs is 1. The Labute approximate surface area is 74.2 Å². The van der Waals surface area contributed by atoms with Crippen molar-refractivity contribution in [1.82, 2.24) is 4.98 Å². The number of aldehydes is 1. The topological polar surface area (TPSA) is 32.9 Å². The summed E-state index contributed by atoms with van der Waals surface area (Å²) >= 11 is 5.93. The molecule has 0 unspecified atom stereocenters. The molecular formula is C9H6ClNO. The zero-order valence-corrected chi connectivity index (χ0v) is 6.93. The van der Waals surface area contributed by atoms with Crippen LogP contribution in [0.15, 0.2) is 24.4 Å². The van der Waals surface area contributed by atoms with Gasteiger partial charge in [-0.05, 0) is 18.2 Å². The van der Waals surface area contributed by atoms with Crippen LogP contribution in [0.25, 0.3) is 10.9 Å². The van der Waals surface area contributed by atoms with Crippen molar-refractivity contribution in [3.8, 4) is 0 Å². The van der Waals surface area contributed by atoms with E-state index in [1.165, 1.54) is 0 Å². The molecular weight excluding hydrogens is 174 g/mol. The van der Waals surface area contributed by atoms with E-state index in [0.29, 0.717) is 10.6 Å². The molecule has 0 bridgehead atoms. The van der Waals surface area contributed by atoms with Gasteiger partial charge in [0.05, 0.1) is 5.02 Å². The van der Waals surface area contributed by atoms with E-state index in [0.717, 1.165) is 17.2 Å². The lowest BCUT2D eigenvalue weighted by molar-refractivity contribution is 0.112. The Morgan fingerprint density at radius 2 is 2.17 bits per heavy atom. The fourth-order valence-electron chi connectivity index (χ4n) is 1.20. The van der Waals surface area contributed by atoms with Crippen LogP contribution in [-0.4, -0.2) is 11.3 Å². The number of hydrogen-bond acceptors (Lipinski definition) is 1. The van der Waals surface area contributed by atoms with Gasteiger partial charge in [0.25, 0.3) is 0 Å². The van der Waals surface area contributed by atoms with Gasteiger partial charge in [-0.2, -0.15) is 0 Å². The van der Waals surface area contributed by atoms with Crippen molar-refractivity contribution in [2.24, 2.45) is 0 Å². The van der Waals surface area contributed by atoms with Gasteiger partial charge >= 0.3 is 0 Å². The summed E-state index contributed by atoms with van der Waals surface area (Å²) in [7, 11) is 0. The van der Waals surface area contributed by atoms with Crippen molar-refractivity contribution in [2.75, 3.05) is 0 Å². The van der Waals surface area contributed by atoms with Crippen molar-refractivity contribution in [2.45, 2.75) is 0 Å². The van der Waals surface area contributed by atoms with Gasteiger partial charge < -0.3 is 4.98 Å². The molecule has 0 radical (unpaired) electrons. The Morgan fingerprint density at radius 1 is 1.33 bits per heavy atom. The highest BCUT2D eigenvalue weighted by Gasteiger charge is 2.03. The quantitative estimate of drug-likeness (QED) is 0.671. The first-order valence-electron chi connectivity index (χ1n) is 3.53. The van der Waals surface area contributed by atoms with Gasteiger partial charge in [0.1, 0.15) is 0 Å². The van der Waals surface area contributed by atoms with E-state index in [4.69, 9.17) is 11.6 Å². The van der Waals surface area contributed by atoms with Crippen LogP contribution in [0.5, 0.6) is 0 Å². The largest absolute Gasteiger partial charge is 0.361 e. The standard InChI is InChI=1S/C9H6ClNO/c10-9-6(5-12)1-2-8-7(9)3-4-11-8/h1-5,11H. The van der Waals surface area contributed by atoms with Gasteiger partial charge in [0, 0.05) is 22.7 Å². The Hall–Kier alpha value is -1.28. The second-order valence-electron chi connectivity index (χ2n) is 2.53. The number of hydrogen-bond donors (Lipinski definition) is 1. The maximum atomic E-state index is 10.5. The van der Waals surface area contributed by atoms with Gasteiger partial charge in [0.15, 0.2) is 6.29 Å². The Balaban J connectivity index is 2.86. The van der Waals surface area contributed by atoms with E-state index < -0.39 is 0 Å². The summed E-state index contributed by atoms with van der Waals surface area (Å²) in [5.41, 5.74) is 1.48. The number of H-pyrrole nitrogens is 1. The summed E-state index contributed by atoms with van der Waals surface area (Å²) in [5.74, 6) is 0. The summed E-state index contributed by atoms with van der Waals surface area (Å²) in [6, 6.07) is 5.39. The normalized spacial score (nSPS) is 10.4. The molecule has 12 heavy (non-hydrogen) atoms. The van der Waals surface area contributed by atoms with Crippen LogP contribution in [-0.2, 0) is 0 Å². The van der Waals surface area contributed by atoms with Crippen molar-refractivity contribution in [3.05, 3.63) is 35.0 Å². The third-order valence-corrected chi connectivity index (χ3v) is 2.25. The fraction of sp³-hybridized carbons (Fsp3) is 0. The summed E-state index contributed by atoms with van der Waals surface area (Å²) in [5, 5.41) is 1.41. The van der Waals surface area contributed by atoms with Crippen LogP contribution in [0.3, 0.4) is 0 Å². The van der Waals surface area contributed by atoms with Gasteiger partial charge in [-0.15, -0.1) is 0 Å². The molecule has 3 heteroatoms. The molecule has 0 saturated heterocycles. The summed E-state index contributed by atoms with van der Waals surface area (Å²) in [4.78, 5) is 13.5. The molecule has 2 rings (SSSR count). The molecule has 60 valence electrons. The maximum absolute atomic E-state index is 10.5. The predicted molar refractivity (Wildman–Crippen MR) is 48.7 cm³/mol. The zero-order chi connectivity index (χ0) is 8.55. The number of aromatic amines is 1. The van der Waals surface area contributed by atoms with Gasteiger partial charge in [-0.1, -0.05) is 11.6 Å². The molecule has 0 aliphatic carbocycles. The van der Waals surface area contributed by atoms with Crippen molar-refractivity contribution >= 4 is 28.8 Å². The minimum Gasteiger partial charge on any atom is -0.361 e. The van der Waals surface area contributed by atoms with Gasteiger partial charge in [0.2, 0.25) is 0 Å². The number of halogens is 1. The molecule has 1 heterocycles. The first-order chi connectivity index (χ1) is 5.83. The lowest BCUT2D eigenvalue weighted by atomic mass is 10.2. The van der Waals surface area contributed by atoms with Crippen molar-refractivity contribution < 1.29 is 4.79 Å². The molecule has 0 spiro atoms. The van der Waals surface area contributed by atoms with E-state index in [2.05, 4.69) is 4.98 Å². The second-order valence-corrected chi connectivity index (χ2v) is 2.90. The Morgan fingerprint density at radius 3 is 2.92 bits per heavy atom. The van der Waals surface area contributed by atoms with Crippen LogP contribution in [0, 0.1) is 0 Å². The fourth-order valence-corrected chi connectivity index (χ4v) is 1.48. The molecule has 1 N–H and O–H groups in total. The van der Waals surface area contributed by atoms with E-state index in [-0.39, 0.29) is 0 Å². The summed E-state index contributed by atoms with van der Waals surface area (Å²) < 4.78 is 0. The lowest BCUT2D eigenvalue weighted by Gasteiger charge is -1.96. The first-order valence-corrected chi connectivity index (χ1v) is 3.91. The van der Waals surface area contributed by atoms with Gasteiger partial charge in [-0.25, -0.2) is 0 Å². The molecule has 2 nitrogen and oxygen atoms in total. The number of carbonyl (C=O) groups excluding carboxylic acids is 1. The van der Waals surface area contributed by atoms with E-state index in [1.807, 2.05) is 12.1 Å². The highest BCUT2D eigenvalue weighted by atomic mass is 35.5. The second kappa shape index (κ2) is 2.64. The summed E-state index contributed by atoms with van der Waals surface area (Å²) in [6.45, 7) is 0. The molecule has 0 aliphatic rings. The smallest absolute Gasteiger partial charge is 0.151 e. The highest BCUT2D eigenvalue weighted by molar-refractivity contribution is 6.37.